The molecule has 0 unspecified atom stereocenters. The summed E-state index contributed by atoms with van der Waals surface area (Å²) in [6, 6.07) is 13.3. The normalized spacial score (nSPS) is 11.3. The lowest BCUT2D eigenvalue weighted by atomic mass is 10.1. The van der Waals surface area contributed by atoms with Gasteiger partial charge in [0.25, 0.3) is 5.69 Å². The third kappa shape index (κ3) is 6.09. The van der Waals surface area contributed by atoms with Crippen LogP contribution in [0.1, 0.15) is 38.3 Å². The molecule has 3 rings (SSSR count). The van der Waals surface area contributed by atoms with E-state index >= 15 is 0 Å². The number of halogens is 3. The van der Waals surface area contributed by atoms with Gasteiger partial charge in [0.05, 0.1) is 23.2 Å². The zero-order chi connectivity index (χ0) is 26.5. The van der Waals surface area contributed by atoms with Crippen molar-refractivity contribution >= 4 is 29.3 Å². The van der Waals surface area contributed by atoms with Crippen LogP contribution in [0.25, 0.3) is 6.08 Å². The Morgan fingerprint density at radius 2 is 1.97 bits per heavy atom. The Balaban J connectivity index is 1.88. The largest absolute Gasteiger partial charge is 0.496 e. The highest BCUT2D eigenvalue weighted by Crippen LogP contribution is 2.35. The maximum absolute atomic E-state index is 13.2. The minimum absolute atomic E-state index is 0.0538. The number of nitrogens with zero attached hydrogens (tertiary/aromatic N) is 3. The third-order valence-electron chi connectivity index (χ3n) is 5.05. The monoisotopic (exact) mass is 513 g/mol. The summed E-state index contributed by atoms with van der Waals surface area (Å²) in [5, 5.41) is 20.5. The number of ether oxygens (including phenoxy) is 1. The van der Waals surface area contributed by atoms with Crippen LogP contribution in [0.15, 0.2) is 59.6 Å². The minimum Gasteiger partial charge on any atom is -0.496 e. The fraction of sp³-hybridized carbons (Fsp3) is 0.160. The van der Waals surface area contributed by atoms with Gasteiger partial charge in [-0.1, -0.05) is 24.3 Å². The quantitative estimate of drug-likeness (QED) is 0.113. The van der Waals surface area contributed by atoms with Gasteiger partial charge in [0, 0.05) is 17.4 Å². The molecule has 0 radical (unpaired) electrons. The van der Waals surface area contributed by atoms with Crippen LogP contribution in [0, 0.1) is 28.4 Å². The smallest absolute Gasteiger partial charge is 0.433 e. The first-order valence-corrected chi connectivity index (χ1v) is 11.3. The number of hydrogen-bond acceptors (Lipinski definition) is 7. The molecule has 0 saturated carbocycles. The predicted octanol–water partition coefficient (Wildman–Crippen LogP) is 6.39. The van der Waals surface area contributed by atoms with E-state index in [0.29, 0.717) is 16.9 Å². The number of methoxy groups -OCH3 is 1. The lowest BCUT2D eigenvalue weighted by Gasteiger charge is -2.13. The molecular weight excluding hydrogens is 495 g/mol. The van der Waals surface area contributed by atoms with Crippen molar-refractivity contribution in [3.05, 3.63) is 98.2 Å². The Kier molecular flexibility index (Phi) is 8.11. The van der Waals surface area contributed by atoms with Gasteiger partial charge in [0.15, 0.2) is 5.78 Å². The molecule has 1 aromatic heterocycles. The zero-order valence-corrected chi connectivity index (χ0v) is 19.8. The molecule has 3 aromatic rings. The molecule has 0 saturated heterocycles. The maximum Gasteiger partial charge on any atom is 0.433 e. The number of rotatable bonds is 8. The SMILES string of the molecule is COc1ccc(/C=C/C(=O)c2ccccc2[N+](=O)[O-])cc1CSc1nc(C(F)(F)F)cc(C)c1C#N. The molecular formula is C25H18F3N3O4S. The molecule has 11 heteroatoms. The summed E-state index contributed by atoms with van der Waals surface area (Å²) >= 11 is 0.954. The Bertz CT molecular complexity index is 1400. The minimum atomic E-state index is -4.66. The van der Waals surface area contributed by atoms with Crippen LogP contribution in [-0.2, 0) is 11.9 Å². The summed E-state index contributed by atoms with van der Waals surface area (Å²) in [4.78, 5) is 26.7. The summed E-state index contributed by atoms with van der Waals surface area (Å²) < 4.78 is 45.0. The highest BCUT2D eigenvalue weighted by molar-refractivity contribution is 7.98. The number of pyridine rings is 1. The number of ketones is 1. The number of thioether (sulfide) groups is 1. The second kappa shape index (κ2) is 11.0. The average molecular weight is 513 g/mol. The number of nitriles is 1. The average Bonchev–Trinajstić information content (AvgIpc) is 2.85. The number of alkyl halides is 3. The first-order valence-electron chi connectivity index (χ1n) is 10.3. The van der Waals surface area contributed by atoms with Gasteiger partial charge in [0.1, 0.15) is 22.5 Å². The highest BCUT2D eigenvalue weighted by Gasteiger charge is 2.34. The summed E-state index contributed by atoms with van der Waals surface area (Å²) in [6.07, 6.45) is -1.98. The second-order valence-electron chi connectivity index (χ2n) is 7.45. The number of carbonyl (C=O) groups excluding carboxylic acids is 1. The molecule has 0 bridgehead atoms. The summed E-state index contributed by atoms with van der Waals surface area (Å²) in [6.45, 7) is 1.42. The number of nitro benzene ring substituents is 1. The van der Waals surface area contributed by atoms with E-state index < -0.39 is 22.6 Å². The van der Waals surface area contributed by atoms with Crippen LogP contribution in [0.3, 0.4) is 0 Å². The lowest BCUT2D eigenvalue weighted by Crippen LogP contribution is -2.10. The van der Waals surface area contributed by atoms with Crippen molar-refractivity contribution in [2.24, 2.45) is 0 Å². The van der Waals surface area contributed by atoms with E-state index in [0.717, 1.165) is 17.8 Å². The molecule has 0 amide bonds. The van der Waals surface area contributed by atoms with Crippen molar-refractivity contribution in [2.75, 3.05) is 7.11 Å². The van der Waals surface area contributed by atoms with E-state index in [1.807, 2.05) is 6.07 Å². The zero-order valence-electron chi connectivity index (χ0n) is 19.0. The maximum atomic E-state index is 13.2. The molecule has 0 N–H and O–H groups in total. The first kappa shape index (κ1) is 26.4. The van der Waals surface area contributed by atoms with Gasteiger partial charge in [-0.05, 0) is 48.4 Å². The molecule has 0 fully saturated rings. The van der Waals surface area contributed by atoms with Gasteiger partial charge in [-0.15, -0.1) is 11.8 Å². The van der Waals surface area contributed by atoms with Crippen molar-refractivity contribution in [3.63, 3.8) is 0 Å². The molecule has 184 valence electrons. The second-order valence-corrected chi connectivity index (χ2v) is 8.41. The van der Waals surface area contributed by atoms with Crippen molar-refractivity contribution in [1.82, 2.24) is 4.98 Å². The fourth-order valence-corrected chi connectivity index (χ4v) is 4.32. The fourth-order valence-electron chi connectivity index (χ4n) is 3.29. The van der Waals surface area contributed by atoms with E-state index in [2.05, 4.69) is 4.98 Å². The number of para-hydroxylation sites is 1. The molecule has 0 atom stereocenters. The van der Waals surface area contributed by atoms with Crippen molar-refractivity contribution < 1.29 is 27.6 Å². The third-order valence-corrected chi connectivity index (χ3v) is 6.07. The lowest BCUT2D eigenvalue weighted by molar-refractivity contribution is -0.385. The van der Waals surface area contributed by atoms with Crippen LogP contribution in [-0.4, -0.2) is 22.8 Å². The van der Waals surface area contributed by atoms with Crippen molar-refractivity contribution in [3.8, 4) is 11.8 Å². The van der Waals surface area contributed by atoms with Crippen LogP contribution in [0.5, 0.6) is 5.75 Å². The van der Waals surface area contributed by atoms with Crippen LogP contribution < -0.4 is 4.74 Å². The summed E-state index contributed by atoms with van der Waals surface area (Å²) in [5.41, 5.74) is -0.0824. The van der Waals surface area contributed by atoms with Gasteiger partial charge in [-0.3, -0.25) is 14.9 Å². The Morgan fingerprint density at radius 3 is 2.61 bits per heavy atom. The number of aryl methyl sites for hydroxylation is 1. The molecule has 7 nitrogen and oxygen atoms in total. The molecule has 0 spiro atoms. The standard InChI is InChI=1S/C25H18F3N3O4S/c1-15-11-23(25(26,27)28)30-24(19(15)13-29)36-14-17-12-16(8-10-22(17)35-2)7-9-21(32)18-5-3-4-6-20(18)31(33)34/h3-12H,14H2,1-2H3/b9-7+. The number of aromatic nitrogens is 1. The van der Waals surface area contributed by atoms with E-state index in [-0.39, 0.29) is 33.2 Å². The van der Waals surface area contributed by atoms with E-state index in [1.165, 1.54) is 50.5 Å². The van der Waals surface area contributed by atoms with Gasteiger partial charge < -0.3 is 4.74 Å². The summed E-state index contributed by atoms with van der Waals surface area (Å²) in [7, 11) is 1.43. The number of carbonyl (C=O) groups is 1. The number of nitro groups is 1. The number of benzene rings is 2. The van der Waals surface area contributed by atoms with Crippen molar-refractivity contribution in [2.45, 2.75) is 23.9 Å². The van der Waals surface area contributed by atoms with Crippen LogP contribution >= 0.6 is 11.8 Å². The van der Waals surface area contributed by atoms with Gasteiger partial charge in [0.2, 0.25) is 0 Å². The topological polar surface area (TPSA) is 106 Å². The Hall–Kier alpha value is -4.17. The molecule has 1 heterocycles. The van der Waals surface area contributed by atoms with Crippen LogP contribution in [0.2, 0.25) is 0 Å². The highest BCUT2D eigenvalue weighted by atomic mass is 32.2. The van der Waals surface area contributed by atoms with Gasteiger partial charge in [-0.25, -0.2) is 4.98 Å². The molecule has 0 aliphatic rings. The molecule has 36 heavy (non-hydrogen) atoms. The van der Waals surface area contributed by atoms with E-state index in [1.54, 1.807) is 18.2 Å². The Labute approximate surface area is 208 Å². The molecule has 0 aliphatic carbocycles. The number of allylic oxidation sites excluding steroid dienone is 1. The molecule has 2 aromatic carbocycles. The first-order chi connectivity index (χ1) is 17.0. The Morgan fingerprint density at radius 1 is 1.25 bits per heavy atom. The number of hydrogen-bond donors (Lipinski definition) is 0. The van der Waals surface area contributed by atoms with Gasteiger partial charge >= 0.3 is 6.18 Å². The van der Waals surface area contributed by atoms with E-state index in [4.69, 9.17) is 4.74 Å². The summed E-state index contributed by atoms with van der Waals surface area (Å²) in [5.74, 6) is 0.0222. The van der Waals surface area contributed by atoms with Crippen LogP contribution in [0.4, 0.5) is 18.9 Å². The van der Waals surface area contributed by atoms with Gasteiger partial charge in [-0.2, -0.15) is 18.4 Å². The van der Waals surface area contributed by atoms with E-state index in [9.17, 15) is 33.3 Å². The van der Waals surface area contributed by atoms with Crippen molar-refractivity contribution in [1.29, 1.82) is 5.26 Å². The predicted molar refractivity (Wildman–Crippen MR) is 128 cm³/mol. The molecule has 0 aliphatic heterocycles.